The molecule has 2 aliphatic heterocycles. The van der Waals surface area contributed by atoms with Crippen molar-refractivity contribution in [3.63, 3.8) is 0 Å². The van der Waals surface area contributed by atoms with Gasteiger partial charge >= 0.3 is 12.0 Å². The molecule has 37 heavy (non-hydrogen) atoms. The molecule has 1 fully saturated rings. The molecule has 0 aromatic heterocycles. The summed E-state index contributed by atoms with van der Waals surface area (Å²) in [6.07, 6.45) is 0.240. The van der Waals surface area contributed by atoms with Gasteiger partial charge in [0.05, 0.1) is 0 Å². The van der Waals surface area contributed by atoms with Gasteiger partial charge in [-0.2, -0.15) is 0 Å². The maximum atomic E-state index is 13.1. The molecule has 11 heteroatoms. The molecule has 0 radical (unpaired) electrons. The van der Waals surface area contributed by atoms with Crippen LogP contribution in [0.2, 0.25) is 0 Å². The minimum atomic E-state index is -1.03. The number of ether oxygens (including phenoxy) is 1. The Morgan fingerprint density at radius 3 is 2.54 bits per heavy atom. The van der Waals surface area contributed by atoms with Gasteiger partial charge in [0.25, 0.3) is 11.8 Å². The van der Waals surface area contributed by atoms with Gasteiger partial charge in [0.2, 0.25) is 5.91 Å². The number of esters is 1. The summed E-state index contributed by atoms with van der Waals surface area (Å²) in [6.45, 7) is 3.07. The number of urea groups is 1. The fourth-order valence-corrected chi connectivity index (χ4v) is 4.20. The van der Waals surface area contributed by atoms with Crippen molar-refractivity contribution in [2.75, 3.05) is 12.0 Å². The smallest absolute Gasteiger partial charge is 0.369 e. The number of nitrogens with one attached hydrogen (secondary N) is 2. The largest absolute Gasteiger partial charge is 0.439 e. The maximum absolute atomic E-state index is 13.1. The van der Waals surface area contributed by atoms with Gasteiger partial charge in [0, 0.05) is 44.6 Å². The number of amides is 5. The molecule has 2 aromatic rings. The lowest BCUT2D eigenvalue weighted by Crippen LogP contribution is -2.73. The summed E-state index contributed by atoms with van der Waals surface area (Å²) >= 11 is 0. The third-order valence-corrected chi connectivity index (χ3v) is 6.22. The molecule has 4 rings (SSSR count). The van der Waals surface area contributed by atoms with E-state index in [2.05, 4.69) is 16.4 Å². The zero-order valence-corrected chi connectivity index (χ0v) is 20.8. The van der Waals surface area contributed by atoms with Gasteiger partial charge in [0.15, 0.2) is 12.3 Å². The monoisotopic (exact) mass is 508 g/mol. The number of piperidine rings is 1. The van der Waals surface area contributed by atoms with E-state index in [4.69, 9.17) is 4.74 Å². The molecule has 0 aliphatic carbocycles. The molecule has 5 amide bonds. The summed E-state index contributed by atoms with van der Waals surface area (Å²) in [6, 6.07) is 13.1. The SMILES string of the molecule is CC(C)([NH3+])C(=O)OCN1C(=O)CCC(N2Cc3cc(CNC(=O)Nc4ccccc4)ccc3C2=O)C1=O. The molecular weight excluding hydrogens is 478 g/mol. The fourth-order valence-electron chi connectivity index (χ4n) is 4.20. The average Bonchev–Trinajstić information content (AvgIpc) is 3.18. The summed E-state index contributed by atoms with van der Waals surface area (Å²) < 4.78 is 5.13. The van der Waals surface area contributed by atoms with Gasteiger partial charge in [0.1, 0.15) is 6.04 Å². The Bertz CT molecular complexity index is 1240. The number of anilines is 1. The second-order valence-corrected chi connectivity index (χ2v) is 9.76. The summed E-state index contributed by atoms with van der Waals surface area (Å²) in [7, 11) is 0. The lowest BCUT2D eigenvalue weighted by molar-refractivity contribution is -0.450. The van der Waals surface area contributed by atoms with Crippen molar-refractivity contribution < 1.29 is 34.4 Å². The first kappa shape index (κ1) is 25.8. The predicted molar refractivity (Wildman–Crippen MR) is 131 cm³/mol. The fraction of sp³-hybridized carbons (Fsp3) is 0.346. The molecule has 2 aliphatic rings. The molecule has 0 saturated carbocycles. The van der Waals surface area contributed by atoms with Crippen LogP contribution in [0.4, 0.5) is 10.5 Å². The van der Waals surface area contributed by atoms with Crippen molar-refractivity contribution in [3.8, 4) is 0 Å². The number of likely N-dealkylation sites (tertiary alicyclic amines) is 1. The van der Waals surface area contributed by atoms with Crippen LogP contribution in [0, 0.1) is 0 Å². The predicted octanol–water partition coefficient (Wildman–Crippen LogP) is 1.00. The van der Waals surface area contributed by atoms with E-state index in [9.17, 15) is 24.0 Å². The van der Waals surface area contributed by atoms with Gasteiger partial charge in [-0.1, -0.05) is 30.3 Å². The van der Waals surface area contributed by atoms with Crippen molar-refractivity contribution >= 4 is 35.4 Å². The van der Waals surface area contributed by atoms with E-state index >= 15 is 0 Å². The number of benzene rings is 2. The van der Waals surface area contributed by atoms with Gasteiger partial charge in [-0.05, 0) is 35.7 Å². The number of rotatable bonds is 7. The Kier molecular flexibility index (Phi) is 7.25. The van der Waals surface area contributed by atoms with Gasteiger partial charge in [-0.25, -0.2) is 14.5 Å². The topological polar surface area (TPSA) is 153 Å². The summed E-state index contributed by atoms with van der Waals surface area (Å²) in [5, 5.41) is 5.53. The number of carbonyl (C=O) groups excluding carboxylic acids is 5. The van der Waals surface area contributed by atoms with Crippen molar-refractivity contribution in [1.29, 1.82) is 0 Å². The molecule has 2 heterocycles. The summed E-state index contributed by atoms with van der Waals surface area (Å²) in [4.78, 5) is 65.2. The van der Waals surface area contributed by atoms with Crippen LogP contribution in [0.3, 0.4) is 0 Å². The number of quaternary nitrogens is 1. The van der Waals surface area contributed by atoms with E-state index in [-0.39, 0.29) is 37.9 Å². The van der Waals surface area contributed by atoms with E-state index in [1.165, 1.54) is 4.90 Å². The van der Waals surface area contributed by atoms with E-state index in [0.717, 1.165) is 16.0 Å². The van der Waals surface area contributed by atoms with E-state index in [1.807, 2.05) is 24.3 Å². The number of nitrogens with zero attached hydrogens (tertiary/aromatic N) is 2. The normalized spacial score (nSPS) is 17.5. The third kappa shape index (κ3) is 5.78. The maximum Gasteiger partial charge on any atom is 0.369 e. The second-order valence-electron chi connectivity index (χ2n) is 9.76. The highest BCUT2D eigenvalue weighted by atomic mass is 16.5. The number of fused-ring (bicyclic) bond motifs is 1. The lowest BCUT2D eigenvalue weighted by Gasteiger charge is -2.35. The molecule has 11 nitrogen and oxygen atoms in total. The number of para-hydroxylation sites is 1. The van der Waals surface area contributed by atoms with Crippen LogP contribution in [0.5, 0.6) is 0 Å². The molecule has 1 unspecified atom stereocenters. The van der Waals surface area contributed by atoms with Crippen LogP contribution >= 0.6 is 0 Å². The highest BCUT2D eigenvalue weighted by molar-refractivity contribution is 6.05. The quantitative estimate of drug-likeness (QED) is 0.375. The summed E-state index contributed by atoms with van der Waals surface area (Å²) in [5.41, 5.74) is 5.33. The van der Waals surface area contributed by atoms with Crippen LogP contribution in [0.15, 0.2) is 48.5 Å². The van der Waals surface area contributed by atoms with Crippen LogP contribution in [-0.4, -0.2) is 57.8 Å². The summed E-state index contributed by atoms with van der Waals surface area (Å²) in [5.74, 6) is -1.98. The van der Waals surface area contributed by atoms with Crippen molar-refractivity contribution in [2.45, 2.75) is 51.4 Å². The van der Waals surface area contributed by atoms with Crippen LogP contribution in [0.1, 0.15) is 48.2 Å². The highest BCUT2D eigenvalue weighted by Crippen LogP contribution is 2.30. The Morgan fingerprint density at radius 1 is 1.11 bits per heavy atom. The third-order valence-electron chi connectivity index (χ3n) is 6.22. The Balaban J connectivity index is 1.38. The van der Waals surface area contributed by atoms with E-state index in [0.29, 0.717) is 11.3 Å². The number of hydrogen-bond donors (Lipinski definition) is 3. The minimum absolute atomic E-state index is 0.0492. The second kappa shape index (κ2) is 10.4. The molecule has 1 atom stereocenters. The molecule has 1 saturated heterocycles. The van der Waals surface area contributed by atoms with Crippen molar-refractivity contribution in [1.82, 2.24) is 15.1 Å². The van der Waals surface area contributed by atoms with Crippen LogP contribution in [0.25, 0.3) is 0 Å². The van der Waals surface area contributed by atoms with E-state index in [1.54, 1.807) is 38.1 Å². The zero-order valence-electron chi connectivity index (χ0n) is 20.8. The van der Waals surface area contributed by atoms with Crippen molar-refractivity contribution in [2.24, 2.45) is 0 Å². The molecule has 0 bridgehead atoms. The molecule has 194 valence electrons. The highest BCUT2D eigenvalue weighted by Gasteiger charge is 2.43. The van der Waals surface area contributed by atoms with Gasteiger partial charge < -0.3 is 26.0 Å². The van der Waals surface area contributed by atoms with Crippen LogP contribution < -0.4 is 16.4 Å². The number of carbonyl (C=O) groups is 5. The first-order valence-corrected chi connectivity index (χ1v) is 11.9. The van der Waals surface area contributed by atoms with Gasteiger partial charge in [-0.15, -0.1) is 0 Å². The van der Waals surface area contributed by atoms with E-state index < -0.39 is 36.1 Å². The minimum Gasteiger partial charge on any atom is -0.439 e. The number of imide groups is 1. The first-order valence-electron chi connectivity index (χ1n) is 11.9. The molecular formula is C26H30N5O6+. The van der Waals surface area contributed by atoms with Gasteiger partial charge in [-0.3, -0.25) is 14.4 Å². The standard InChI is InChI=1S/C26H29N5O6/c1-26(2,27)24(35)37-15-31-21(32)11-10-20(23(31)34)30-14-17-12-16(8-9-19(17)22(30)33)13-28-25(36)29-18-6-4-3-5-7-18/h3-9,12,20H,10-11,13-15,27H2,1-2H3,(H2,28,29,36)/p+1. The van der Waals surface area contributed by atoms with Crippen molar-refractivity contribution in [3.05, 3.63) is 65.2 Å². The lowest BCUT2D eigenvalue weighted by atomic mass is 10.0. The van der Waals surface area contributed by atoms with Crippen LogP contribution in [-0.2, 0) is 32.2 Å². The Morgan fingerprint density at radius 2 is 1.84 bits per heavy atom. The Hall–Kier alpha value is -4.25. The number of hydrogen-bond acceptors (Lipinski definition) is 6. The average molecular weight is 509 g/mol. The first-order chi connectivity index (χ1) is 17.5. The molecule has 2 aromatic carbocycles. The molecule has 5 N–H and O–H groups in total. The zero-order chi connectivity index (χ0) is 26.7. The Labute approximate surface area is 213 Å². The molecule has 0 spiro atoms.